The molecule has 2 aromatic rings. The summed E-state index contributed by atoms with van der Waals surface area (Å²) in [6, 6.07) is 9.53. The summed E-state index contributed by atoms with van der Waals surface area (Å²) in [5, 5.41) is 4.05. The fraction of sp³-hybridized carbons (Fsp3) is 0.250. The van der Waals surface area contributed by atoms with Gasteiger partial charge in [0.05, 0.1) is 0 Å². The summed E-state index contributed by atoms with van der Waals surface area (Å²) in [6.07, 6.45) is 2.40. The van der Waals surface area contributed by atoms with Crippen LogP contribution in [0.2, 0.25) is 5.02 Å². The second kappa shape index (κ2) is 5.51. The summed E-state index contributed by atoms with van der Waals surface area (Å²) in [4.78, 5) is 0. The van der Waals surface area contributed by atoms with Gasteiger partial charge in [-0.1, -0.05) is 17.7 Å². The SMILES string of the molecule is Fc1cc(F)cc(-c2ccc(Cl)c(CNC3CC3)c2)c1. The molecular weight excluding hydrogens is 280 g/mol. The van der Waals surface area contributed by atoms with Gasteiger partial charge in [-0.15, -0.1) is 0 Å². The van der Waals surface area contributed by atoms with Gasteiger partial charge in [-0.3, -0.25) is 0 Å². The lowest BCUT2D eigenvalue weighted by molar-refractivity contribution is 0.584. The van der Waals surface area contributed by atoms with Crippen molar-refractivity contribution in [3.8, 4) is 11.1 Å². The maximum Gasteiger partial charge on any atom is 0.126 e. The molecule has 1 aliphatic rings. The topological polar surface area (TPSA) is 12.0 Å². The fourth-order valence-electron chi connectivity index (χ4n) is 2.15. The van der Waals surface area contributed by atoms with Crippen molar-refractivity contribution in [3.63, 3.8) is 0 Å². The van der Waals surface area contributed by atoms with E-state index >= 15 is 0 Å². The molecule has 1 fully saturated rings. The first-order chi connectivity index (χ1) is 9.61. The molecule has 0 spiro atoms. The molecule has 1 nitrogen and oxygen atoms in total. The Morgan fingerprint density at radius 3 is 2.35 bits per heavy atom. The fourth-order valence-corrected chi connectivity index (χ4v) is 2.34. The first-order valence-corrected chi connectivity index (χ1v) is 6.98. The van der Waals surface area contributed by atoms with Gasteiger partial charge in [-0.2, -0.15) is 0 Å². The average molecular weight is 294 g/mol. The molecule has 1 saturated carbocycles. The van der Waals surface area contributed by atoms with Crippen LogP contribution < -0.4 is 5.32 Å². The number of hydrogen-bond acceptors (Lipinski definition) is 1. The zero-order chi connectivity index (χ0) is 14.1. The highest BCUT2D eigenvalue weighted by atomic mass is 35.5. The van der Waals surface area contributed by atoms with Crippen molar-refractivity contribution in [2.75, 3.05) is 0 Å². The van der Waals surface area contributed by atoms with E-state index in [1.807, 2.05) is 6.07 Å². The van der Waals surface area contributed by atoms with Crippen LogP contribution in [0, 0.1) is 11.6 Å². The second-order valence-electron chi connectivity index (χ2n) is 5.12. The minimum Gasteiger partial charge on any atom is -0.310 e. The van der Waals surface area contributed by atoms with Crippen molar-refractivity contribution in [1.29, 1.82) is 0 Å². The van der Waals surface area contributed by atoms with E-state index in [2.05, 4.69) is 5.32 Å². The molecule has 0 bridgehead atoms. The van der Waals surface area contributed by atoms with Gasteiger partial charge >= 0.3 is 0 Å². The lowest BCUT2D eigenvalue weighted by Crippen LogP contribution is -2.15. The van der Waals surface area contributed by atoms with Crippen molar-refractivity contribution >= 4 is 11.6 Å². The molecular formula is C16H14ClF2N. The number of benzene rings is 2. The van der Waals surface area contributed by atoms with Gasteiger partial charge in [0.1, 0.15) is 11.6 Å². The number of hydrogen-bond donors (Lipinski definition) is 1. The largest absolute Gasteiger partial charge is 0.310 e. The monoisotopic (exact) mass is 293 g/mol. The molecule has 1 N–H and O–H groups in total. The Bertz CT molecular complexity index is 618. The molecule has 20 heavy (non-hydrogen) atoms. The first kappa shape index (κ1) is 13.5. The normalized spacial score (nSPS) is 14.6. The van der Waals surface area contributed by atoms with Crippen molar-refractivity contribution in [2.45, 2.75) is 25.4 Å². The minimum absolute atomic E-state index is 0.520. The van der Waals surface area contributed by atoms with E-state index in [0.717, 1.165) is 17.2 Å². The molecule has 0 unspecified atom stereocenters. The zero-order valence-electron chi connectivity index (χ0n) is 10.8. The van der Waals surface area contributed by atoms with Crippen molar-refractivity contribution in [3.05, 3.63) is 58.6 Å². The molecule has 2 aromatic carbocycles. The van der Waals surface area contributed by atoms with Crippen LogP contribution in [0.4, 0.5) is 8.78 Å². The van der Waals surface area contributed by atoms with Gasteiger partial charge in [0.2, 0.25) is 0 Å². The van der Waals surface area contributed by atoms with Crippen LogP contribution in [0.1, 0.15) is 18.4 Å². The predicted octanol–water partition coefficient (Wildman–Crippen LogP) is 4.54. The summed E-state index contributed by atoms with van der Waals surface area (Å²) in [5.41, 5.74) is 2.23. The molecule has 104 valence electrons. The van der Waals surface area contributed by atoms with E-state index < -0.39 is 11.6 Å². The Morgan fingerprint density at radius 2 is 1.70 bits per heavy atom. The minimum atomic E-state index is -0.576. The molecule has 1 aliphatic carbocycles. The average Bonchev–Trinajstić information content (AvgIpc) is 3.20. The lowest BCUT2D eigenvalue weighted by Gasteiger charge is -2.09. The van der Waals surface area contributed by atoms with Crippen LogP contribution in [0.5, 0.6) is 0 Å². The molecule has 0 aliphatic heterocycles. The van der Waals surface area contributed by atoms with Crippen molar-refractivity contribution in [2.24, 2.45) is 0 Å². The molecule has 0 aromatic heterocycles. The molecule has 0 atom stereocenters. The van der Waals surface area contributed by atoms with Gasteiger partial charge < -0.3 is 5.32 Å². The summed E-state index contributed by atoms with van der Waals surface area (Å²) in [7, 11) is 0. The van der Waals surface area contributed by atoms with E-state index in [1.165, 1.54) is 25.0 Å². The van der Waals surface area contributed by atoms with E-state index in [9.17, 15) is 8.78 Å². The quantitative estimate of drug-likeness (QED) is 0.873. The Morgan fingerprint density at radius 1 is 1.00 bits per heavy atom. The number of nitrogens with one attached hydrogen (secondary N) is 1. The highest BCUT2D eigenvalue weighted by Crippen LogP contribution is 2.27. The van der Waals surface area contributed by atoms with E-state index in [0.29, 0.717) is 23.2 Å². The summed E-state index contributed by atoms with van der Waals surface area (Å²) >= 11 is 6.16. The third-order valence-electron chi connectivity index (χ3n) is 3.40. The van der Waals surface area contributed by atoms with Crippen molar-refractivity contribution in [1.82, 2.24) is 5.32 Å². The van der Waals surface area contributed by atoms with Gasteiger partial charge in [0, 0.05) is 23.7 Å². The summed E-state index contributed by atoms with van der Waals surface area (Å²) in [6.45, 7) is 0.676. The van der Waals surface area contributed by atoms with Gasteiger partial charge in [-0.25, -0.2) is 8.78 Å². The summed E-state index contributed by atoms with van der Waals surface area (Å²) in [5.74, 6) is -1.15. The highest BCUT2D eigenvalue weighted by Gasteiger charge is 2.20. The van der Waals surface area contributed by atoms with Crippen LogP contribution in [0.25, 0.3) is 11.1 Å². The molecule has 0 amide bonds. The molecule has 0 heterocycles. The number of rotatable bonds is 4. The lowest BCUT2D eigenvalue weighted by atomic mass is 10.0. The van der Waals surface area contributed by atoms with E-state index in [4.69, 9.17) is 11.6 Å². The van der Waals surface area contributed by atoms with Crippen molar-refractivity contribution < 1.29 is 8.78 Å². The Kier molecular flexibility index (Phi) is 3.72. The third-order valence-corrected chi connectivity index (χ3v) is 3.77. The molecule has 3 rings (SSSR count). The van der Waals surface area contributed by atoms with Gasteiger partial charge in [-0.05, 0) is 53.8 Å². The second-order valence-corrected chi connectivity index (χ2v) is 5.53. The Hall–Kier alpha value is -1.45. The molecule has 0 radical (unpaired) electrons. The first-order valence-electron chi connectivity index (χ1n) is 6.60. The predicted molar refractivity (Wildman–Crippen MR) is 76.7 cm³/mol. The number of halogens is 3. The van der Waals surface area contributed by atoms with Crippen LogP contribution >= 0.6 is 11.6 Å². The van der Waals surface area contributed by atoms with Crippen LogP contribution in [-0.2, 0) is 6.54 Å². The zero-order valence-corrected chi connectivity index (χ0v) is 11.6. The van der Waals surface area contributed by atoms with Gasteiger partial charge in [0.15, 0.2) is 0 Å². The molecule has 4 heteroatoms. The van der Waals surface area contributed by atoms with E-state index in [1.54, 1.807) is 12.1 Å². The Labute approximate surface area is 121 Å². The maximum absolute atomic E-state index is 13.3. The van der Waals surface area contributed by atoms with Gasteiger partial charge in [0.25, 0.3) is 0 Å². The third kappa shape index (κ3) is 3.17. The standard InChI is InChI=1S/C16H14ClF2N/c17-16-4-1-10(5-12(16)9-20-15-2-3-15)11-6-13(18)8-14(19)7-11/h1,4-8,15,20H,2-3,9H2. The van der Waals surface area contributed by atoms with E-state index in [-0.39, 0.29) is 0 Å². The molecule has 0 saturated heterocycles. The summed E-state index contributed by atoms with van der Waals surface area (Å²) < 4.78 is 26.6. The Balaban J connectivity index is 1.90. The maximum atomic E-state index is 13.3. The van der Waals surface area contributed by atoms with Crippen LogP contribution in [0.15, 0.2) is 36.4 Å². The highest BCUT2D eigenvalue weighted by molar-refractivity contribution is 6.31. The smallest absolute Gasteiger partial charge is 0.126 e. The van der Waals surface area contributed by atoms with Crippen LogP contribution in [-0.4, -0.2) is 6.04 Å². The van der Waals surface area contributed by atoms with Crippen LogP contribution in [0.3, 0.4) is 0 Å².